The summed E-state index contributed by atoms with van der Waals surface area (Å²) in [6, 6.07) is 10.2. The molecule has 0 unspecified atom stereocenters. The Hall–Kier alpha value is -3.00. The van der Waals surface area contributed by atoms with Crippen molar-refractivity contribution in [3.63, 3.8) is 0 Å². The number of hydrogen-bond donors (Lipinski definition) is 2. The van der Waals surface area contributed by atoms with E-state index < -0.39 is 0 Å². The van der Waals surface area contributed by atoms with Gasteiger partial charge in [0.15, 0.2) is 0 Å². The lowest BCUT2D eigenvalue weighted by molar-refractivity contribution is 0.101. The Morgan fingerprint density at radius 1 is 1.04 bits per heavy atom. The Morgan fingerprint density at radius 2 is 1.65 bits per heavy atom. The van der Waals surface area contributed by atoms with Crippen LogP contribution in [-0.2, 0) is 7.05 Å². The standard InChI is InChI=1S/C18H16BrN5O2/c1-11-15(16(19)24(2)23-11)18(26)22-14-5-3-4-13(10-14)21-17(25)12-6-8-20-9-7-12/h3-10H,1-2H3,(H,21,25)(H,22,26). The van der Waals surface area contributed by atoms with E-state index in [0.717, 1.165) is 0 Å². The van der Waals surface area contributed by atoms with Crippen LogP contribution in [0.15, 0.2) is 53.4 Å². The lowest BCUT2D eigenvalue weighted by Crippen LogP contribution is -2.14. The van der Waals surface area contributed by atoms with E-state index in [9.17, 15) is 9.59 Å². The summed E-state index contributed by atoms with van der Waals surface area (Å²) in [5, 5.41) is 9.83. The lowest BCUT2D eigenvalue weighted by atomic mass is 10.2. The Morgan fingerprint density at radius 3 is 2.23 bits per heavy atom. The molecule has 26 heavy (non-hydrogen) atoms. The van der Waals surface area contributed by atoms with Gasteiger partial charge in [-0.05, 0) is 53.2 Å². The van der Waals surface area contributed by atoms with Gasteiger partial charge in [-0.1, -0.05) is 6.07 Å². The summed E-state index contributed by atoms with van der Waals surface area (Å²) in [6.07, 6.45) is 3.11. The molecule has 2 aromatic heterocycles. The third-order valence-electron chi connectivity index (χ3n) is 3.70. The van der Waals surface area contributed by atoms with Gasteiger partial charge in [-0.2, -0.15) is 5.10 Å². The molecular weight excluding hydrogens is 398 g/mol. The van der Waals surface area contributed by atoms with E-state index in [0.29, 0.717) is 32.8 Å². The molecule has 0 saturated carbocycles. The number of pyridine rings is 1. The van der Waals surface area contributed by atoms with E-state index >= 15 is 0 Å². The van der Waals surface area contributed by atoms with E-state index in [-0.39, 0.29) is 11.8 Å². The number of benzene rings is 1. The van der Waals surface area contributed by atoms with Crippen LogP contribution in [0.3, 0.4) is 0 Å². The van der Waals surface area contributed by atoms with Crippen LogP contribution in [-0.4, -0.2) is 26.6 Å². The number of aryl methyl sites for hydroxylation is 2. The molecule has 3 aromatic rings. The maximum atomic E-state index is 12.5. The number of carbonyl (C=O) groups is 2. The van der Waals surface area contributed by atoms with Gasteiger partial charge in [0, 0.05) is 36.4 Å². The van der Waals surface area contributed by atoms with Crippen LogP contribution in [0.4, 0.5) is 11.4 Å². The third-order valence-corrected chi connectivity index (χ3v) is 4.61. The van der Waals surface area contributed by atoms with E-state index in [2.05, 4.69) is 36.6 Å². The van der Waals surface area contributed by atoms with Crippen molar-refractivity contribution in [1.82, 2.24) is 14.8 Å². The zero-order valence-electron chi connectivity index (χ0n) is 14.2. The molecule has 2 amide bonds. The zero-order valence-corrected chi connectivity index (χ0v) is 15.7. The molecule has 0 radical (unpaired) electrons. The number of carbonyl (C=O) groups excluding carboxylic acids is 2. The Balaban J connectivity index is 1.75. The molecule has 8 heteroatoms. The van der Waals surface area contributed by atoms with Gasteiger partial charge in [0.2, 0.25) is 0 Å². The maximum absolute atomic E-state index is 12.5. The Bertz CT molecular complexity index is 969. The second-order valence-electron chi connectivity index (χ2n) is 5.60. The number of anilines is 2. The van der Waals surface area contributed by atoms with Gasteiger partial charge in [-0.3, -0.25) is 19.3 Å². The van der Waals surface area contributed by atoms with Crippen molar-refractivity contribution >= 4 is 39.1 Å². The molecule has 0 atom stereocenters. The summed E-state index contributed by atoms with van der Waals surface area (Å²) >= 11 is 3.37. The summed E-state index contributed by atoms with van der Waals surface area (Å²) < 4.78 is 2.20. The van der Waals surface area contributed by atoms with E-state index in [1.54, 1.807) is 67.4 Å². The second-order valence-corrected chi connectivity index (χ2v) is 6.35. The van der Waals surface area contributed by atoms with Crippen LogP contribution in [0, 0.1) is 6.92 Å². The summed E-state index contributed by atoms with van der Waals surface area (Å²) in [7, 11) is 1.75. The fourth-order valence-corrected chi connectivity index (χ4v) is 3.01. The molecule has 0 aliphatic heterocycles. The molecule has 3 rings (SSSR count). The quantitative estimate of drug-likeness (QED) is 0.685. The van der Waals surface area contributed by atoms with E-state index in [4.69, 9.17) is 0 Å². The smallest absolute Gasteiger partial charge is 0.260 e. The summed E-state index contributed by atoms with van der Waals surface area (Å²) in [6.45, 7) is 1.77. The van der Waals surface area contributed by atoms with Crippen molar-refractivity contribution in [1.29, 1.82) is 0 Å². The molecular formula is C18H16BrN5O2. The molecule has 1 aromatic carbocycles. The van der Waals surface area contributed by atoms with Crippen molar-refractivity contribution in [2.45, 2.75) is 6.92 Å². The first-order valence-electron chi connectivity index (χ1n) is 7.77. The number of nitrogens with one attached hydrogen (secondary N) is 2. The first kappa shape index (κ1) is 17.8. The van der Waals surface area contributed by atoms with Crippen LogP contribution in [0.2, 0.25) is 0 Å². The summed E-state index contributed by atoms with van der Waals surface area (Å²) in [5.41, 5.74) is 2.74. The van der Waals surface area contributed by atoms with Crippen molar-refractivity contribution in [3.05, 3.63) is 70.2 Å². The average Bonchev–Trinajstić information content (AvgIpc) is 2.88. The molecule has 0 aliphatic carbocycles. The van der Waals surface area contributed by atoms with Crippen molar-refractivity contribution in [2.75, 3.05) is 10.6 Å². The molecule has 0 bridgehead atoms. The van der Waals surface area contributed by atoms with Gasteiger partial charge in [-0.25, -0.2) is 0 Å². The van der Waals surface area contributed by atoms with Crippen LogP contribution in [0.1, 0.15) is 26.4 Å². The summed E-state index contributed by atoms with van der Waals surface area (Å²) in [4.78, 5) is 28.6. The van der Waals surface area contributed by atoms with Crippen LogP contribution in [0.5, 0.6) is 0 Å². The molecule has 0 saturated heterocycles. The van der Waals surface area contributed by atoms with Crippen molar-refractivity contribution in [2.24, 2.45) is 7.05 Å². The molecule has 132 valence electrons. The molecule has 7 nitrogen and oxygen atoms in total. The normalized spacial score (nSPS) is 10.4. The molecule has 2 heterocycles. The van der Waals surface area contributed by atoms with Gasteiger partial charge in [0.05, 0.1) is 11.3 Å². The monoisotopic (exact) mass is 413 g/mol. The van der Waals surface area contributed by atoms with Crippen LogP contribution in [0.25, 0.3) is 0 Å². The van der Waals surface area contributed by atoms with Gasteiger partial charge >= 0.3 is 0 Å². The minimum absolute atomic E-state index is 0.248. The SMILES string of the molecule is Cc1nn(C)c(Br)c1C(=O)Nc1cccc(NC(=O)c2ccncc2)c1. The predicted molar refractivity (Wildman–Crippen MR) is 102 cm³/mol. The van der Waals surface area contributed by atoms with Crippen molar-refractivity contribution in [3.8, 4) is 0 Å². The Labute approximate surface area is 158 Å². The highest BCUT2D eigenvalue weighted by Crippen LogP contribution is 2.22. The molecule has 0 spiro atoms. The zero-order chi connectivity index (χ0) is 18.7. The average molecular weight is 414 g/mol. The lowest BCUT2D eigenvalue weighted by Gasteiger charge is -2.09. The minimum Gasteiger partial charge on any atom is -0.322 e. The molecule has 2 N–H and O–H groups in total. The fraction of sp³-hybridized carbons (Fsp3) is 0.111. The first-order chi connectivity index (χ1) is 12.5. The van der Waals surface area contributed by atoms with E-state index in [1.165, 1.54) is 0 Å². The number of halogens is 1. The number of nitrogens with zero attached hydrogens (tertiary/aromatic N) is 3. The molecule has 0 aliphatic rings. The highest BCUT2D eigenvalue weighted by atomic mass is 79.9. The number of rotatable bonds is 4. The van der Waals surface area contributed by atoms with Crippen LogP contribution >= 0.6 is 15.9 Å². The van der Waals surface area contributed by atoms with Gasteiger partial charge < -0.3 is 10.6 Å². The second kappa shape index (κ2) is 7.49. The van der Waals surface area contributed by atoms with Gasteiger partial charge in [0.25, 0.3) is 11.8 Å². The number of aromatic nitrogens is 3. The van der Waals surface area contributed by atoms with E-state index in [1.807, 2.05) is 0 Å². The summed E-state index contributed by atoms with van der Waals surface area (Å²) in [5.74, 6) is -0.526. The predicted octanol–water partition coefficient (Wildman–Crippen LogP) is 3.39. The number of hydrogen-bond acceptors (Lipinski definition) is 4. The third kappa shape index (κ3) is 3.80. The van der Waals surface area contributed by atoms with Gasteiger partial charge in [0.1, 0.15) is 4.60 Å². The van der Waals surface area contributed by atoms with Crippen LogP contribution < -0.4 is 10.6 Å². The first-order valence-corrected chi connectivity index (χ1v) is 8.57. The van der Waals surface area contributed by atoms with Crippen molar-refractivity contribution < 1.29 is 9.59 Å². The largest absolute Gasteiger partial charge is 0.322 e. The minimum atomic E-state index is -0.278. The fourth-order valence-electron chi connectivity index (χ4n) is 2.46. The maximum Gasteiger partial charge on any atom is 0.260 e. The Kier molecular flexibility index (Phi) is 5.13. The highest BCUT2D eigenvalue weighted by molar-refractivity contribution is 9.10. The topological polar surface area (TPSA) is 88.9 Å². The van der Waals surface area contributed by atoms with Gasteiger partial charge in [-0.15, -0.1) is 0 Å². The highest BCUT2D eigenvalue weighted by Gasteiger charge is 2.18. The molecule has 0 fully saturated rings. The number of amides is 2.